The molecular weight excluding hydrogens is 801 g/mol. The second-order valence-electron chi connectivity index (χ2n) is 14.2. The third-order valence-corrected chi connectivity index (χ3v) is 13.4. The smallest absolute Gasteiger partial charge is 0.321 e. The predicted octanol–water partition coefficient (Wildman–Crippen LogP) is 1.55. The minimum Gasteiger partial charge on any atom is -0.493 e. The maximum absolute atomic E-state index is 14.5. The zero-order valence-corrected chi connectivity index (χ0v) is 34.2. The van der Waals surface area contributed by atoms with E-state index in [2.05, 4.69) is 10.6 Å². The molecular formula is C37H50N6O13S2. The maximum Gasteiger partial charge on any atom is 0.321 e. The largest absolute Gasteiger partial charge is 0.493 e. The van der Waals surface area contributed by atoms with E-state index in [0.29, 0.717) is 46.0 Å². The molecule has 0 amide bonds. The van der Waals surface area contributed by atoms with Crippen LogP contribution in [0.5, 0.6) is 5.75 Å². The molecule has 0 aliphatic heterocycles. The summed E-state index contributed by atoms with van der Waals surface area (Å²) < 4.78 is 66.0. The van der Waals surface area contributed by atoms with Gasteiger partial charge in [-0.25, -0.2) is 25.4 Å². The predicted molar refractivity (Wildman–Crippen MR) is 215 cm³/mol. The van der Waals surface area contributed by atoms with E-state index in [9.17, 15) is 46.2 Å². The SMILES string of the molecule is CN(C)CCCOc1cc(N)c2ccc3c(S(=O)(=O)N(C)CCCNC(CC(=O)O)C(=O)O)cc(S(=O)(=O)N(C)CCCNC(CC(=O)O)C(=O)O)c4ccc1c2c34. The number of hydrogen-bond acceptors (Lipinski definition) is 13. The van der Waals surface area contributed by atoms with Crippen molar-refractivity contribution in [3.63, 3.8) is 0 Å². The highest BCUT2D eigenvalue weighted by molar-refractivity contribution is 7.90. The van der Waals surface area contributed by atoms with E-state index < -0.39 is 68.8 Å². The summed E-state index contributed by atoms with van der Waals surface area (Å²) in [4.78, 5) is 46.5. The number of rotatable bonds is 25. The number of sulfonamides is 2. The fourth-order valence-electron chi connectivity index (χ4n) is 6.61. The van der Waals surface area contributed by atoms with Crippen molar-refractivity contribution < 1.29 is 61.2 Å². The van der Waals surface area contributed by atoms with Crippen molar-refractivity contribution in [3.8, 4) is 5.75 Å². The van der Waals surface area contributed by atoms with E-state index in [1.807, 2.05) is 19.0 Å². The minimum absolute atomic E-state index is 0.0397. The van der Waals surface area contributed by atoms with Crippen molar-refractivity contribution in [2.45, 2.75) is 54.0 Å². The van der Waals surface area contributed by atoms with Crippen LogP contribution in [0.4, 0.5) is 5.69 Å². The normalized spacial score (nSPS) is 13.6. The average molecular weight is 851 g/mol. The molecule has 2 unspecified atom stereocenters. The van der Waals surface area contributed by atoms with Gasteiger partial charge in [0.15, 0.2) is 0 Å². The number of nitrogens with zero attached hydrogens (tertiary/aromatic N) is 3. The number of nitrogens with two attached hydrogens (primary N) is 1. The van der Waals surface area contributed by atoms with Crippen molar-refractivity contribution in [1.82, 2.24) is 24.1 Å². The Labute approximate surface area is 335 Å². The fourth-order valence-corrected chi connectivity index (χ4v) is 9.52. The summed E-state index contributed by atoms with van der Waals surface area (Å²) >= 11 is 0. The molecule has 19 nitrogen and oxygen atoms in total. The average Bonchev–Trinajstić information content (AvgIpc) is 3.14. The van der Waals surface area contributed by atoms with E-state index in [4.69, 9.17) is 20.7 Å². The first-order valence-corrected chi connectivity index (χ1v) is 21.2. The van der Waals surface area contributed by atoms with Crippen molar-refractivity contribution in [1.29, 1.82) is 0 Å². The van der Waals surface area contributed by atoms with Gasteiger partial charge in [0.05, 0.1) is 29.2 Å². The summed E-state index contributed by atoms with van der Waals surface area (Å²) in [5.74, 6) is -4.98. The number of anilines is 1. The Morgan fingerprint density at radius 3 is 1.52 bits per heavy atom. The molecule has 318 valence electrons. The number of benzene rings is 4. The molecule has 4 rings (SSSR count). The van der Waals surface area contributed by atoms with Crippen molar-refractivity contribution >= 4 is 81.9 Å². The molecule has 0 heterocycles. The molecule has 4 aromatic carbocycles. The summed E-state index contributed by atoms with van der Waals surface area (Å²) in [5.41, 5.74) is 6.86. The molecule has 0 saturated heterocycles. The third-order valence-electron chi connectivity index (χ3n) is 9.64. The van der Waals surface area contributed by atoms with Gasteiger partial charge in [0, 0.05) is 77.8 Å². The van der Waals surface area contributed by atoms with Crippen LogP contribution in [0.1, 0.15) is 32.1 Å². The lowest BCUT2D eigenvalue weighted by molar-refractivity contribution is -0.145. The van der Waals surface area contributed by atoms with Gasteiger partial charge in [-0.05, 0) is 58.6 Å². The Morgan fingerprint density at radius 1 is 0.655 bits per heavy atom. The number of aliphatic carboxylic acids is 4. The number of nitrogens with one attached hydrogen (secondary N) is 2. The fraction of sp³-hybridized carbons (Fsp3) is 0.459. The van der Waals surface area contributed by atoms with E-state index in [0.717, 1.165) is 21.2 Å². The molecule has 0 radical (unpaired) electrons. The van der Waals surface area contributed by atoms with Gasteiger partial charge >= 0.3 is 23.9 Å². The minimum atomic E-state index is -4.47. The number of ether oxygens (including phenoxy) is 1. The molecule has 0 fully saturated rings. The lowest BCUT2D eigenvalue weighted by atomic mass is 9.93. The highest BCUT2D eigenvalue weighted by Gasteiger charge is 2.32. The number of carboxylic acid groups (broad SMARTS) is 4. The highest BCUT2D eigenvalue weighted by Crippen LogP contribution is 2.45. The molecule has 0 aliphatic rings. The van der Waals surface area contributed by atoms with Crippen molar-refractivity contribution in [2.75, 3.05) is 73.3 Å². The molecule has 0 saturated carbocycles. The van der Waals surface area contributed by atoms with Crippen LogP contribution < -0.4 is 21.1 Å². The van der Waals surface area contributed by atoms with Crippen LogP contribution >= 0.6 is 0 Å². The summed E-state index contributed by atoms with van der Waals surface area (Å²) in [6.07, 6.45) is -0.526. The summed E-state index contributed by atoms with van der Waals surface area (Å²) in [6, 6.07) is 6.49. The van der Waals surface area contributed by atoms with Gasteiger partial charge < -0.3 is 46.4 Å². The Kier molecular flexibility index (Phi) is 15.2. The molecule has 8 N–H and O–H groups in total. The maximum atomic E-state index is 14.5. The standard InChI is InChI=1S/C37H50N6O13S2/c1-41(2)14-7-17-56-29-18-26(38)22-8-10-24-30(57(52,53)42(3)15-5-12-39-27(36(48)49)19-32(44)45)21-31(25-11-9-23(29)34(22)35(24)25)58(54,55)43(4)16-6-13-40-28(37(50)51)20-33(46)47/h8-11,18,21,27-28,39-40H,5-7,12-17,19-20,38H2,1-4H3,(H,44,45)(H,46,47)(H,48,49)(H,50,51). The van der Waals surface area contributed by atoms with Gasteiger partial charge in [0.25, 0.3) is 0 Å². The third kappa shape index (κ3) is 10.6. The van der Waals surface area contributed by atoms with Crippen molar-refractivity contribution in [2.24, 2.45) is 0 Å². The first-order chi connectivity index (χ1) is 27.2. The van der Waals surface area contributed by atoms with Gasteiger partial charge in [-0.3, -0.25) is 19.2 Å². The number of carbonyl (C=O) groups is 4. The Balaban J connectivity index is 1.80. The lowest BCUT2D eigenvalue weighted by Gasteiger charge is -2.24. The Morgan fingerprint density at radius 2 is 1.09 bits per heavy atom. The Bertz CT molecular complexity index is 2280. The van der Waals surface area contributed by atoms with E-state index >= 15 is 0 Å². The van der Waals surface area contributed by atoms with Crippen LogP contribution in [0.15, 0.2) is 46.2 Å². The molecule has 0 aliphatic carbocycles. The van der Waals surface area contributed by atoms with E-state index in [1.165, 1.54) is 14.1 Å². The molecule has 0 bridgehead atoms. The van der Waals surface area contributed by atoms with E-state index in [-0.39, 0.29) is 59.6 Å². The van der Waals surface area contributed by atoms with Gasteiger partial charge in [-0.1, -0.05) is 18.2 Å². The molecule has 4 aromatic rings. The molecule has 21 heteroatoms. The van der Waals surface area contributed by atoms with Crippen LogP contribution in [0.25, 0.3) is 32.3 Å². The topological polar surface area (TPSA) is 287 Å². The van der Waals surface area contributed by atoms with Crippen LogP contribution in [0, 0.1) is 0 Å². The van der Waals surface area contributed by atoms with Crippen LogP contribution in [-0.4, -0.2) is 154 Å². The van der Waals surface area contributed by atoms with Crippen molar-refractivity contribution in [3.05, 3.63) is 36.4 Å². The van der Waals surface area contributed by atoms with Crippen LogP contribution in [-0.2, 0) is 39.2 Å². The molecule has 0 aromatic heterocycles. The summed E-state index contributed by atoms with van der Waals surface area (Å²) in [7, 11) is -2.50. The van der Waals surface area contributed by atoms with Crippen LogP contribution in [0.3, 0.4) is 0 Å². The quantitative estimate of drug-likeness (QED) is 0.0283. The molecule has 2 atom stereocenters. The molecule has 0 spiro atoms. The second-order valence-corrected chi connectivity index (χ2v) is 18.2. The number of carboxylic acids is 4. The van der Waals surface area contributed by atoms with Crippen LogP contribution in [0.2, 0.25) is 0 Å². The summed E-state index contributed by atoms with van der Waals surface area (Å²) in [5, 5.41) is 44.3. The highest BCUT2D eigenvalue weighted by atomic mass is 32.2. The zero-order chi connectivity index (χ0) is 43.1. The monoisotopic (exact) mass is 850 g/mol. The van der Waals surface area contributed by atoms with Gasteiger partial charge in [0.1, 0.15) is 17.8 Å². The van der Waals surface area contributed by atoms with E-state index in [1.54, 1.807) is 30.3 Å². The van der Waals surface area contributed by atoms with Gasteiger partial charge in [0.2, 0.25) is 20.0 Å². The van der Waals surface area contributed by atoms with Gasteiger partial charge in [-0.2, -0.15) is 0 Å². The summed E-state index contributed by atoms with van der Waals surface area (Å²) in [6.45, 7) is 0.713. The first-order valence-electron chi connectivity index (χ1n) is 18.3. The Hall–Kier alpha value is -4.90. The first kappa shape index (κ1) is 45.8. The number of hydrogen-bond donors (Lipinski definition) is 7. The molecule has 58 heavy (non-hydrogen) atoms. The lowest BCUT2D eigenvalue weighted by Crippen LogP contribution is -2.40. The zero-order valence-electron chi connectivity index (χ0n) is 32.6. The second kappa shape index (κ2) is 19.2. The van der Waals surface area contributed by atoms with Gasteiger partial charge in [-0.15, -0.1) is 0 Å². The number of nitrogen functional groups attached to an aromatic ring is 1.